The van der Waals surface area contributed by atoms with Crippen LogP contribution in [0.4, 0.5) is 0 Å². The summed E-state index contributed by atoms with van der Waals surface area (Å²) in [5.74, 6) is 1.52. The van der Waals surface area contributed by atoms with Crippen LogP contribution >= 0.6 is 0 Å². The maximum atomic E-state index is 11.5. The molecule has 22 heavy (non-hydrogen) atoms. The van der Waals surface area contributed by atoms with E-state index in [1.54, 1.807) is 0 Å². The van der Waals surface area contributed by atoms with Crippen molar-refractivity contribution in [3.05, 3.63) is 35.9 Å². The van der Waals surface area contributed by atoms with Crippen LogP contribution in [-0.4, -0.2) is 45.5 Å². The Bertz CT molecular complexity index is 585. The van der Waals surface area contributed by atoms with E-state index in [4.69, 9.17) is 0 Å². The van der Waals surface area contributed by atoms with Gasteiger partial charge < -0.3 is 10.6 Å². The molecule has 1 unspecified atom stereocenters. The van der Waals surface area contributed by atoms with Crippen LogP contribution in [-0.2, 0) is 16.3 Å². The number of hydrogen-bond acceptors (Lipinski definition) is 3. The van der Waals surface area contributed by atoms with Gasteiger partial charge in [0.2, 0.25) is 0 Å². The molecule has 2 N–H and O–H groups in total. The van der Waals surface area contributed by atoms with Gasteiger partial charge in [-0.15, -0.1) is 0 Å². The monoisotopic (exact) mass is 323 g/mol. The Labute approximate surface area is 133 Å². The van der Waals surface area contributed by atoms with Crippen molar-refractivity contribution in [2.45, 2.75) is 19.8 Å². The molecular weight excluding hydrogens is 298 g/mol. The minimum atomic E-state index is -2.82. The molecule has 0 bridgehead atoms. The van der Waals surface area contributed by atoms with Crippen molar-refractivity contribution in [3.63, 3.8) is 0 Å². The van der Waals surface area contributed by atoms with E-state index in [2.05, 4.69) is 27.8 Å². The molecule has 0 aromatic heterocycles. The molecule has 1 heterocycles. The molecule has 0 aliphatic carbocycles. The first kappa shape index (κ1) is 16.8. The van der Waals surface area contributed by atoms with E-state index in [1.807, 2.05) is 25.1 Å². The van der Waals surface area contributed by atoms with Crippen LogP contribution in [0.1, 0.15) is 18.9 Å². The largest absolute Gasteiger partial charge is 0.357 e. The normalized spacial score (nSPS) is 20.8. The number of rotatable bonds is 6. The highest BCUT2D eigenvalue weighted by Gasteiger charge is 2.27. The summed E-state index contributed by atoms with van der Waals surface area (Å²) in [6, 6.07) is 10.3. The van der Waals surface area contributed by atoms with Crippen molar-refractivity contribution in [2.24, 2.45) is 10.9 Å². The van der Waals surface area contributed by atoms with E-state index in [0.29, 0.717) is 12.3 Å². The van der Waals surface area contributed by atoms with E-state index >= 15 is 0 Å². The summed E-state index contributed by atoms with van der Waals surface area (Å²) in [6.45, 7) is 4.19. The van der Waals surface area contributed by atoms with Gasteiger partial charge in [0.25, 0.3) is 0 Å². The van der Waals surface area contributed by atoms with Gasteiger partial charge in [0.05, 0.1) is 11.5 Å². The SMILES string of the molecule is CCNC(=NCC1CCS(=O)(=O)C1)NCCc1ccccc1. The molecule has 0 spiro atoms. The van der Waals surface area contributed by atoms with Gasteiger partial charge in [-0.25, -0.2) is 8.42 Å². The minimum Gasteiger partial charge on any atom is -0.357 e. The lowest BCUT2D eigenvalue weighted by atomic mass is 10.1. The third-order valence-corrected chi connectivity index (χ3v) is 5.56. The second-order valence-electron chi connectivity index (χ2n) is 5.65. The molecule has 1 fully saturated rings. The number of hydrogen-bond donors (Lipinski definition) is 2. The number of nitrogens with one attached hydrogen (secondary N) is 2. The van der Waals surface area contributed by atoms with E-state index in [1.165, 1.54) is 5.56 Å². The van der Waals surface area contributed by atoms with E-state index < -0.39 is 9.84 Å². The van der Waals surface area contributed by atoms with Crippen LogP contribution < -0.4 is 10.6 Å². The molecule has 1 aromatic rings. The lowest BCUT2D eigenvalue weighted by Crippen LogP contribution is -2.38. The van der Waals surface area contributed by atoms with Crippen molar-refractivity contribution in [1.82, 2.24) is 10.6 Å². The Morgan fingerprint density at radius 1 is 1.27 bits per heavy atom. The van der Waals surface area contributed by atoms with Crippen LogP contribution in [0.15, 0.2) is 35.3 Å². The summed E-state index contributed by atoms with van der Waals surface area (Å²) in [7, 11) is -2.82. The van der Waals surface area contributed by atoms with Crippen LogP contribution in [0.3, 0.4) is 0 Å². The zero-order valence-corrected chi connectivity index (χ0v) is 13.9. The smallest absolute Gasteiger partial charge is 0.191 e. The highest BCUT2D eigenvalue weighted by atomic mass is 32.2. The zero-order chi connectivity index (χ0) is 15.8. The molecule has 1 aliphatic rings. The molecule has 5 nitrogen and oxygen atoms in total. The summed E-state index contributed by atoms with van der Waals surface area (Å²) in [5, 5.41) is 6.51. The lowest BCUT2D eigenvalue weighted by molar-refractivity contribution is 0.589. The fraction of sp³-hybridized carbons (Fsp3) is 0.562. The molecule has 1 saturated heterocycles. The average Bonchev–Trinajstić information content (AvgIpc) is 2.85. The summed E-state index contributed by atoms with van der Waals surface area (Å²) in [4.78, 5) is 4.52. The highest BCUT2D eigenvalue weighted by Crippen LogP contribution is 2.18. The standard InChI is InChI=1S/C16H25N3O2S/c1-2-17-16(18-10-8-14-6-4-3-5-7-14)19-12-15-9-11-22(20,21)13-15/h3-7,15H,2,8-13H2,1H3,(H2,17,18,19). The van der Waals surface area contributed by atoms with Crippen molar-refractivity contribution >= 4 is 15.8 Å². The fourth-order valence-electron chi connectivity index (χ4n) is 2.55. The number of benzene rings is 1. The highest BCUT2D eigenvalue weighted by molar-refractivity contribution is 7.91. The maximum absolute atomic E-state index is 11.5. The topological polar surface area (TPSA) is 70.6 Å². The summed E-state index contributed by atoms with van der Waals surface area (Å²) >= 11 is 0. The number of guanidine groups is 1. The quantitative estimate of drug-likeness (QED) is 0.610. The van der Waals surface area contributed by atoms with Crippen molar-refractivity contribution in [3.8, 4) is 0 Å². The van der Waals surface area contributed by atoms with E-state index in [0.717, 1.165) is 31.9 Å². The van der Waals surface area contributed by atoms with Crippen LogP contribution in [0.25, 0.3) is 0 Å². The summed E-state index contributed by atoms with van der Waals surface area (Å²) < 4.78 is 22.9. The Morgan fingerprint density at radius 3 is 2.68 bits per heavy atom. The van der Waals surface area contributed by atoms with Crippen LogP contribution in [0.2, 0.25) is 0 Å². The van der Waals surface area contributed by atoms with Crippen molar-refractivity contribution in [2.75, 3.05) is 31.1 Å². The minimum absolute atomic E-state index is 0.162. The number of sulfone groups is 1. The molecule has 2 rings (SSSR count). The van der Waals surface area contributed by atoms with E-state index in [-0.39, 0.29) is 11.7 Å². The molecule has 122 valence electrons. The molecule has 1 aliphatic heterocycles. The molecule has 0 amide bonds. The first-order valence-corrected chi connectivity index (χ1v) is 9.68. The van der Waals surface area contributed by atoms with Gasteiger partial charge in [-0.3, -0.25) is 4.99 Å². The first-order valence-electron chi connectivity index (χ1n) is 7.85. The van der Waals surface area contributed by atoms with Gasteiger partial charge in [-0.1, -0.05) is 30.3 Å². The lowest BCUT2D eigenvalue weighted by Gasteiger charge is -2.12. The van der Waals surface area contributed by atoms with Crippen molar-refractivity contribution in [1.29, 1.82) is 0 Å². The Morgan fingerprint density at radius 2 is 2.05 bits per heavy atom. The van der Waals surface area contributed by atoms with Gasteiger partial charge in [0, 0.05) is 19.6 Å². The molecule has 1 aromatic carbocycles. The number of aliphatic imine (C=N–C) groups is 1. The predicted molar refractivity (Wildman–Crippen MR) is 90.9 cm³/mol. The Kier molecular flexibility index (Phi) is 6.24. The third-order valence-electron chi connectivity index (χ3n) is 3.73. The number of nitrogens with zero attached hydrogens (tertiary/aromatic N) is 1. The molecule has 0 radical (unpaired) electrons. The van der Waals surface area contributed by atoms with E-state index in [9.17, 15) is 8.42 Å². The third kappa shape index (κ3) is 5.67. The Balaban J connectivity index is 1.80. The fourth-order valence-corrected chi connectivity index (χ4v) is 4.40. The van der Waals surface area contributed by atoms with Gasteiger partial charge in [-0.05, 0) is 31.2 Å². The maximum Gasteiger partial charge on any atom is 0.191 e. The molecule has 0 saturated carbocycles. The van der Waals surface area contributed by atoms with Gasteiger partial charge in [0.1, 0.15) is 0 Å². The second-order valence-corrected chi connectivity index (χ2v) is 7.88. The summed E-state index contributed by atoms with van der Waals surface area (Å²) in [5.41, 5.74) is 1.28. The molecule has 6 heteroatoms. The van der Waals surface area contributed by atoms with Crippen molar-refractivity contribution < 1.29 is 8.42 Å². The predicted octanol–water partition coefficient (Wildman–Crippen LogP) is 1.22. The van der Waals surface area contributed by atoms with Gasteiger partial charge in [0.15, 0.2) is 15.8 Å². The molecule has 1 atom stereocenters. The van der Waals surface area contributed by atoms with Gasteiger partial charge in [-0.2, -0.15) is 0 Å². The average molecular weight is 323 g/mol. The Hall–Kier alpha value is -1.56. The van der Waals surface area contributed by atoms with Crippen LogP contribution in [0.5, 0.6) is 0 Å². The van der Waals surface area contributed by atoms with Gasteiger partial charge >= 0.3 is 0 Å². The first-order chi connectivity index (χ1) is 10.6. The molecular formula is C16H25N3O2S. The van der Waals surface area contributed by atoms with Crippen LogP contribution in [0, 0.1) is 5.92 Å². The second kappa shape index (κ2) is 8.17. The summed E-state index contributed by atoms with van der Waals surface area (Å²) in [6.07, 6.45) is 1.66. The zero-order valence-electron chi connectivity index (χ0n) is 13.1.